The molecule has 2 heterocycles. The number of benzene rings is 2. The molecule has 2 heteroatoms. The van der Waals surface area contributed by atoms with E-state index in [-0.39, 0.29) is 0 Å². The van der Waals surface area contributed by atoms with E-state index in [1.54, 1.807) is 0 Å². The number of hydrogen-bond acceptors (Lipinski definition) is 2. The first-order valence-electron chi connectivity index (χ1n) is 6.33. The maximum atomic E-state index is 5.88. The Labute approximate surface area is 105 Å². The normalized spacial score (nSPS) is 16.9. The van der Waals surface area contributed by atoms with E-state index < -0.39 is 0 Å². The van der Waals surface area contributed by atoms with Gasteiger partial charge in [0.1, 0.15) is 17.3 Å². The second-order valence-corrected chi connectivity index (χ2v) is 4.65. The smallest absolute Gasteiger partial charge is 0.135 e. The molecule has 0 spiro atoms. The van der Waals surface area contributed by atoms with Crippen molar-refractivity contribution >= 4 is 21.9 Å². The molecular weight excluding hydrogens is 224 g/mol. The van der Waals surface area contributed by atoms with Gasteiger partial charge in [0.25, 0.3) is 0 Å². The van der Waals surface area contributed by atoms with Crippen LogP contribution >= 0.6 is 0 Å². The second-order valence-electron chi connectivity index (χ2n) is 4.65. The molecule has 1 saturated heterocycles. The second kappa shape index (κ2) is 3.85. The van der Waals surface area contributed by atoms with Gasteiger partial charge in [-0.15, -0.1) is 0 Å². The Bertz CT molecular complexity index is 705. The summed E-state index contributed by atoms with van der Waals surface area (Å²) in [5, 5.41) is 2.36. The van der Waals surface area contributed by atoms with Gasteiger partial charge in [0.2, 0.25) is 0 Å². The predicted octanol–water partition coefficient (Wildman–Crippen LogP) is 4.28. The third-order valence-electron chi connectivity index (χ3n) is 3.53. The largest absolute Gasteiger partial charge is 0.456 e. The fourth-order valence-corrected chi connectivity index (χ4v) is 2.72. The van der Waals surface area contributed by atoms with Gasteiger partial charge in [-0.3, -0.25) is 0 Å². The molecular formula is C16H13O2. The Kier molecular flexibility index (Phi) is 2.17. The molecule has 1 aliphatic heterocycles. The van der Waals surface area contributed by atoms with Crippen LogP contribution in [-0.4, -0.2) is 6.61 Å². The molecule has 1 fully saturated rings. The number of furan rings is 1. The Morgan fingerprint density at radius 1 is 0.889 bits per heavy atom. The highest BCUT2D eigenvalue weighted by molar-refractivity contribution is 6.07. The highest BCUT2D eigenvalue weighted by Gasteiger charge is 2.23. The van der Waals surface area contributed by atoms with E-state index in [9.17, 15) is 0 Å². The summed E-state index contributed by atoms with van der Waals surface area (Å²) < 4.78 is 11.6. The van der Waals surface area contributed by atoms with Gasteiger partial charge >= 0.3 is 0 Å². The van der Waals surface area contributed by atoms with Crippen LogP contribution in [0.4, 0.5) is 0 Å². The first-order chi connectivity index (χ1) is 8.93. The van der Waals surface area contributed by atoms with E-state index >= 15 is 0 Å². The molecule has 89 valence electrons. The van der Waals surface area contributed by atoms with Crippen LogP contribution in [0.5, 0.6) is 0 Å². The summed E-state index contributed by atoms with van der Waals surface area (Å²) in [7, 11) is 0. The topological polar surface area (TPSA) is 22.4 Å². The van der Waals surface area contributed by atoms with Gasteiger partial charge in [-0.2, -0.15) is 0 Å². The monoisotopic (exact) mass is 237 g/mol. The van der Waals surface area contributed by atoms with Crippen molar-refractivity contribution in [3.05, 3.63) is 54.1 Å². The van der Waals surface area contributed by atoms with Crippen molar-refractivity contribution in [2.75, 3.05) is 6.61 Å². The summed E-state index contributed by atoms with van der Waals surface area (Å²) >= 11 is 0. The van der Waals surface area contributed by atoms with E-state index in [4.69, 9.17) is 9.15 Å². The first-order valence-corrected chi connectivity index (χ1v) is 6.33. The molecule has 4 rings (SSSR count). The number of fused-ring (bicyclic) bond motifs is 3. The van der Waals surface area contributed by atoms with Crippen molar-refractivity contribution in [3.63, 3.8) is 0 Å². The average Bonchev–Trinajstić information content (AvgIpc) is 3.05. The van der Waals surface area contributed by atoms with E-state index in [1.807, 2.05) is 30.3 Å². The SMILES string of the molecule is c1ccc2c(c1)oc1cccc([C]3CCCO3)c12. The molecule has 0 atom stereocenters. The molecule has 3 aromatic rings. The van der Waals surface area contributed by atoms with Crippen LogP contribution in [-0.2, 0) is 4.74 Å². The van der Waals surface area contributed by atoms with Crippen molar-refractivity contribution < 1.29 is 9.15 Å². The lowest BCUT2D eigenvalue weighted by atomic mass is 10.0. The first kappa shape index (κ1) is 10.2. The fraction of sp³-hybridized carbons (Fsp3) is 0.188. The quantitative estimate of drug-likeness (QED) is 0.630. The zero-order chi connectivity index (χ0) is 11.9. The summed E-state index contributed by atoms with van der Waals surface area (Å²) in [6.07, 6.45) is 3.24. The molecule has 0 bridgehead atoms. The van der Waals surface area contributed by atoms with Gasteiger partial charge in [-0.05, 0) is 30.5 Å². The fourth-order valence-electron chi connectivity index (χ4n) is 2.72. The number of para-hydroxylation sites is 1. The molecule has 2 nitrogen and oxygen atoms in total. The van der Waals surface area contributed by atoms with Gasteiger partial charge in [-0.1, -0.05) is 30.3 Å². The summed E-state index contributed by atoms with van der Waals surface area (Å²) in [5.74, 6) is 0. The summed E-state index contributed by atoms with van der Waals surface area (Å²) in [6.45, 7) is 0.835. The number of ether oxygens (including phenoxy) is 1. The minimum atomic E-state index is 0.835. The van der Waals surface area contributed by atoms with E-state index in [1.165, 1.54) is 16.3 Å². The summed E-state index contributed by atoms with van der Waals surface area (Å²) in [6, 6.07) is 14.4. The lowest BCUT2D eigenvalue weighted by molar-refractivity contribution is 0.217. The molecule has 0 unspecified atom stereocenters. The summed E-state index contributed by atoms with van der Waals surface area (Å²) in [4.78, 5) is 0. The third-order valence-corrected chi connectivity index (χ3v) is 3.53. The van der Waals surface area contributed by atoms with Crippen LogP contribution in [0.1, 0.15) is 18.4 Å². The Morgan fingerprint density at radius 3 is 2.67 bits per heavy atom. The minimum Gasteiger partial charge on any atom is -0.456 e. The third kappa shape index (κ3) is 1.39. The molecule has 0 aliphatic carbocycles. The standard InChI is InChI=1S/C16H13O2/c1-2-7-14-12(5-1)16-11(13-9-4-10-17-13)6-3-8-15(16)18-14/h1-3,5-8H,4,9-10H2. The van der Waals surface area contributed by atoms with E-state index in [2.05, 4.69) is 12.1 Å². The Hall–Kier alpha value is -1.80. The van der Waals surface area contributed by atoms with Gasteiger partial charge in [0, 0.05) is 17.4 Å². The van der Waals surface area contributed by atoms with Crippen LogP contribution in [0, 0.1) is 6.10 Å². The molecule has 1 aromatic heterocycles. The number of hydrogen-bond donors (Lipinski definition) is 0. The van der Waals surface area contributed by atoms with Crippen molar-refractivity contribution in [1.82, 2.24) is 0 Å². The molecule has 2 aromatic carbocycles. The molecule has 0 amide bonds. The maximum Gasteiger partial charge on any atom is 0.135 e. The lowest BCUT2D eigenvalue weighted by Gasteiger charge is -2.09. The molecule has 0 N–H and O–H groups in total. The van der Waals surface area contributed by atoms with Gasteiger partial charge in [-0.25, -0.2) is 0 Å². The van der Waals surface area contributed by atoms with E-state index in [0.29, 0.717) is 0 Å². The van der Waals surface area contributed by atoms with Crippen LogP contribution in [0.25, 0.3) is 21.9 Å². The van der Waals surface area contributed by atoms with Crippen molar-refractivity contribution in [1.29, 1.82) is 0 Å². The molecule has 18 heavy (non-hydrogen) atoms. The Balaban J connectivity index is 2.06. The molecule has 1 aliphatic rings. The van der Waals surface area contributed by atoms with Crippen molar-refractivity contribution in [2.45, 2.75) is 12.8 Å². The zero-order valence-corrected chi connectivity index (χ0v) is 9.98. The van der Waals surface area contributed by atoms with Crippen LogP contribution < -0.4 is 0 Å². The average molecular weight is 237 g/mol. The predicted molar refractivity (Wildman–Crippen MR) is 71.3 cm³/mol. The van der Waals surface area contributed by atoms with E-state index in [0.717, 1.165) is 36.7 Å². The van der Waals surface area contributed by atoms with Crippen molar-refractivity contribution in [3.8, 4) is 0 Å². The molecule has 1 radical (unpaired) electrons. The van der Waals surface area contributed by atoms with Crippen LogP contribution in [0.2, 0.25) is 0 Å². The molecule has 0 saturated carbocycles. The number of rotatable bonds is 1. The van der Waals surface area contributed by atoms with Crippen LogP contribution in [0.15, 0.2) is 46.9 Å². The maximum absolute atomic E-state index is 5.88. The van der Waals surface area contributed by atoms with Crippen LogP contribution in [0.3, 0.4) is 0 Å². The highest BCUT2D eigenvalue weighted by Crippen LogP contribution is 2.37. The van der Waals surface area contributed by atoms with Gasteiger partial charge in [0.05, 0.1) is 0 Å². The Morgan fingerprint density at radius 2 is 1.78 bits per heavy atom. The van der Waals surface area contributed by atoms with Crippen molar-refractivity contribution in [2.24, 2.45) is 0 Å². The highest BCUT2D eigenvalue weighted by atomic mass is 16.5. The zero-order valence-electron chi connectivity index (χ0n) is 9.98. The minimum absolute atomic E-state index is 0.835. The summed E-state index contributed by atoms with van der Waals surface area (Å²) in [5.41, 5.74) is 3.07. The van der Waals surface area contributed by atoms with Gasteiger partial charge in [0.15, 0.2) is 0 Å². The lowest BCUT2D eigenvalue weighted by Crippen LogP contribution is -1.96. The van der Waals surface area contributed by atoms with Gasteiger partial charge < -0.3 is 9.15 Å².